The van der Waals surface area contributed by atoms with E-state index in [9.17, 15) is 14.0 Å². The molecule has 0 N–H and O–H groups in total. The number of rotatable bonds is 5. The molecule has 0 atom stereocenters. The van der Waals surface area contributed by atoms with E-state index in [-0.39, 0.29) is 23.8 Å². The van der Waals surface area contributed by atoms with Crippen molar-refractivity contribution in [3.63, 3.8) is 0 Å². The molecule has 4 rings (SSSR count). The first-order valence-corrected chi connectivity index (χ1v) is 10.0. The van der Waals surface area contributed by atoms with Crippen molar-refractivity contribution in [2.75, 3.05) is 11.4 Å². The Labute approximate surface area is 170 Å². The van der Waals surface area contributed by atoms with Gasteiger partial charge in [-0.05, 0) is 36.8 Å². The highest BCUT2D eigenvalue weighted by Gasteiger charge is 2.18. The van der Waals surface area contributed by atoms with Gasteiger partial charge in [-0.1, -0.05) is 30.3 Å². The van der Waals surface area contributed by atoms with Gasteiger partial charge in [0, 0.05) is 23.2 Å². The molecule has 4 aromatic rings. The van der Waals surface area contributed by atoms with Crippen LogP contribution in [0.4, 0.5) is 10.1 Å². The number of likely N-dealkylation sites (N-methyl/N-ethyl adjacent to an activating group) is 1. The number of halogens is 1. The SMILES string of the molecule is CCN(C(=O)Cn1cnc2scc(-c3ccc(F)cc3)c2c1=O)c1ccccc1. The van der Waals surface area contributed by atoms with Crippen LogP contribution < -0.4 is 10.5 Å². The monoisotopic (exact) mass is 407 g/mol. The van der Waals surface area contributed by atoms with Gasteiger partial charge in [0.25, 0.3) is 5.56 Å². The topological polar surface area (TPSA) is 55.2 Å². The molecule has 0 aliphatic rings. The molecular formula is C22H18FN3O2S. The number of thiophene rings is 1. The number of anilines is 1. The zero-order valence-electron chi connectivity index (χ0n) is 15.7. The summed E-state index contributed by atoms with van der Waals surface area (Å²) in [7, 11) is 0. The lowest BCUT2D eigenvalue weighted by Gasteiger charge is -2.21. The second-order valence-corrected chi connectivity index (χ2v) is 7.35. The van der Waals surface area contributed by atoms with E-state index in [1.807, 2.05) is 42.6 Å². The predicted molar refractivity (Wildman–Crippen MR) is 114 cm³/mol. The fourth-order valence-corrected chi connectivity index (χ4v) is 4.17. The molecule has 1 amide bonds. The zero-order valence-corrected chi connectivity index (χ0v) is 16.5. The zero-order chi connectivity index (χ0) is 20.4. The molecule has 0 radical (unpaired) electrons. The highest BCUT2D eigenvalue weighted by atomic mass is 32.1. The summed E-state index contributed by atoms with van der Waals surface area (Å²) in [4.78, 5) is 32.6. The smallest absolute Gasteiger partial charge is 0.263 e. The van der Waals surface area contributed by atoms with Crippen LogP contribution in [0.1, 0.15) is 6.92 Å². The normalized spacial score (nSPS) is 11.0. The summed E-state index contributed by atoms with van der Waals surface area (Å²) in [5, 5.41) is 2.28. The summed E-state index contributed by atoms with van der Waals surface area (Å²) >= 11 is 1.35. The molecular weight excluding hydrogens is 389 g/mol. The van der Waals surface area contributed by atoms with Crippen LogP contribution >= 0.6 is 11.3 Å². The van der Waals surface area contributed by atoms with Crippen molar-refractivity contribution in [1.82, 2.24) is 9.55 Å². The van der Waals surface area contributed by atoms with E-state index >= 15 is 0 Å². The molecule has 0 spiro atoms. The van der Waals surface area contributed by atoms with E-state index in [0.29, 0.717) is 22.3 Å². The van der Waals surface area contributed by atoms with Gasteiger partial charge >= 0.3 is 0 Å². The van der Waals surface area contributed by atoms with Crippen molar-refractivity contribution in [1.29, 1.82) is 0 Å². The molecule has 5 nitrogen and oxygen atoms in total. The number of nitrogens with zero attached hydrogens (tertiary/aromatic N) is 3. The Kier molecular flexibility index (Phi) is 5.22. The Hall–Kier alpha value is -3.32. The van der Waals surface area contributed by atoms with Crippen LogP contribution in [0.15, 0.2) is 71.1 Å². The standard InChI is InChI=1S/C22H18FN3O2S/c1-2-26(17-6-4-3-5-7-17)19(27)12-25-14-24-21-20(22(25)28)18(13-29-21)15-8-10-16(23)11-9-15/h3-11,13-14H,2,12H2,1H3. The van der Waals surface area contributed by atoms with Crippen molar-refractivity contribution in [2.45, 2.75) is 13.5 Å². The number of aromatic nitrogens is 2. The quantitative estimate of drug-likeness (QED) is 0.495. The summed E-state index contributed by atoms with van der Waals surface area (Å²) in [6.45, 7) is 2.27. The lowest BCUT2D eigenvalue weighted by molar-refractivity contribution is -0.119. The number of carbonyl (C=O) groups excluding carboxylic acids is 1. The van der Waals surface area contributed by atoms with Gasteiger partial charge in [-0.3, -0.25) is 14.2 Å². The summed E-state index contributed by atoms with van der Waals surface area (Å²) in [6.07, 6.45) is 1.41. The Morgan fingerprint density at radius 3 is 2.55 bits per heavy atom. The van der Waals surface area contributed by atoms with Crippen molar-refractivity contribution < 1.29 is 9.18 Å². The van der Waals surface area contributed by atoms with Gasteiger partial charge in [0.2, 0.25) is 5.91 Å². The first kappa shape index (κ1) is 19.0. The van der Waals surface area contributed by atoms with Crippen LogP contribution in [-0.2, 0) is 11.3 Å². The third-order valence-electron chi connectivity index (χ3n) is 4.71. The molecule has 0 aliphatic heterocycles. The number of amides is 1. The van der Waals surface area contributed by atoms with Crippen LogP contribution in [0.25, 0.3) is 21.3 Å². The number of fused-ring (bicyclic) bond motifs is 1. The first-order chi connectivity index (χ1) is 14.1. The van der Waals surface area contributed by atoms with E-state index in [1.54, 1.807) is 17.0 Å². The fourth-order valence-electron chi connectivity index (χ4n) is 3.26. The minimum absolute atomic E-state index is 0.108. The third-order valence-corrected chi connectivity index (χ3v) is 5.59. The Balaban J connectivity index is 1.71. The van der Waals surface area contributed by atoms with Gasteiger partial charge in [-0.15, -0.1) is 11.3 Å². The lowest BCUT2D eigenvalue weighted by atomic mass is 10.1. The molecule has 2 heterocycles. The summed E-state index contributed by atoms with van der Waals surface area (Å²) in [5.41, 5.74) is 1.93. The summed E-state index contributed by atoms with van der Waals surface area (Å²) in [5.74, 6) is -0.532. The molecule has 0 saturated heterocycles. The van der Waals surface area contributed by atoms with E-state index in [0.717, 1.165) is 11.3 Å². The van der Waals surface area contributed by atoms with E-state index in [1.165, 1.54) is 34.4 Å². The second kappa shape index (κ2) is 7.97. The van der Waals surface area contributed by atoms with Crippen molar-refractivity contribution >= 4 is 33.1 Å². The van der Waals surface area contributed by atoms with Crippen LogP contribution in [0.5, 0.6) is 0 Å². The molecule has 0 fully saturated rings. The highest BCUT2D eigenvalue weighted by Crippen LogP contribution is 2.30. The number of para-hydroxylation sites is 1. The Morgan fingerprint density at radius 1 is 1.14 bits per heavy atom. The maximum absolute atomic E-state index is 13.3. The maximum atomic E-state index is 13.3. The van der Waals surface area contributed by atoms with Gasteiger partial charge < -0.3 is 4.90 Å². The minimum Gasteiger partial charge on any atom is -0.311 e. The molecule has 0 bridgehead atoms. The van der Waals surface area contributed by atoms with E-state index < -0.39 is 0 Å². The van der Waals surface area contributed by atoms with Gasteiger partial charge in [0.15, 0.2) is 0 Å². The van der Waals surface area contributed by atoms with E-state index in [2.05, 4.69) is 4.98 Å². The number of hydrogen-bond donors (Lipinski definition) is 0. The van der Waals surface area contributed by atoms with Gasteiger partial charge in [-0.2, -0.15) is 0 Å². The summed E-state index contributed by atoms with van der Waals surface area (Å²) < 4.78 is 14.6. The number of carbonyl (C=O) groups is 1. The third kappa shape index (κ3) is 3.69. The maximum Gasteiger partial charge on any atom is 0.263 e. The second-order valence-electron chi connectivity index (χ2n) is 6.49. The average Bonchev–Trinajstić information content (AvgIpc) is 3.17. The molecule has 0 unspecified atom stereocenters. The minimum atomic E-state index is -0.338. The van der Waals surface area contributed by atoms with Crippen molar-refractivity contribution in [3.05, 3.63) is 82.5 Å². The van der Waals surface area contributed by atoms with Gasteiger partial charge in [0.05, 0.1) is 11.7 Å². The molecule has 146 valence electrons. The Bertz CT molecular complexity index is 1220. The first-order valence-electron chi connectivity index (χ1n) is 9.16. The molecule has 7 heteroatoms. The van der Waals surface area contributed by atoms with Gasteiger partial charge in [-0.25, -0.2) is 9.37 Å². The number of hydrogen-bond acceptors (Lipinski definition) is 4. The van der Waals surface area contributed by atoms with Crippen LogP contribution in [0.2, 0.25) is 0 Å². The molecule has 0 saturated carbocycles. The largest absolute Gasteiger partial charge is 0.311 e. The van der Waals surface area contributed by atoms with E-state index in [4.69, 9.17) is 0 Å². The Morgan fingerprint density at radius 2 is 1.86 bits per heavy atom. The van der Waals surface area contributed by atoms with Crippen molar-refractivity contribution in [3.8, 4) is 11.1 Å². The van der Waals surface area contributed by atoms with Crippen LogP contribution in [0, 0.1) is 5.82 Å². The fraction of sp³-hybridized carbons (Fsp3) is 0.136. The summed E-state index contributed by atoms with van der Waals surface area (Å²) in [6, 6.07) is 15.3. The van der Waals surface area contributed by atoms with Crippen molar-refractivity contribution in [2.24, 2.45) is 0 Å². The molecule has 2 aromatic heterocycles. The lowest BCUT2D eigenvalue weighted by Crippen LogP contribution is -2.36. The van der Waals surface area contributed by atoms with Gasteiger partial charge in [0.1, 0.15) is 17.2 Å². The number of benzene rings is 2. The average molecular weight is 407 g/mol. The molecule has 2 aromatic carbocycles. The predicted octanol–water partition coefficient (Wildman–Crippen LogP) is 4.32. The molecule has 0 aliphatic carbocycles. The van der Waals surface area contributed by atoms with Crippen LogP contribution in [0.3, 0.4) is 0 Å². The highest BCUT2D eigenvalue weighted by molar-refractivity contribution is 7.17. The molecule has 29 heavy (non-hydrogen) atoms. The van der Waals surface area contributed by atoms with Crippen LogP contribution in [-0.4, -0.2) is 22.0 Å².